The van der Waals surface area contributed by atoms with Crippen molar-refractivity contribution in [3.8, 4) is 0 Å². The second-order valence-corrected chi connectivity index (χ2v) is 3.53. The van der Waals surface area contributed by atoms with Crippen LogP contribution < -0.4 is 4.90 Å². The highest BCUT2D eigenvalue weighted by atomic mass is 16.5. The zero-order valence-corrected chi connectivity index (χ0v) is 9.10. The summed E-state index contributed by atoms with van der Waals surface area (Å²) < 4.78 is 4.47. The van der Waals surface area contributed by atoms with Crippen molar-refractivity contribution < 1.29 is 19.1 Å². The lowest BCUT2D eigenvalue weighted by molar-refractivity contribution is -0.140. The third-order valence-electron chi connectivity index (χ3n) is 2.28. The summed E-state index contributed by atoms with van der Waals surface area (Å²) in [6.07, 6.45) is -0.180. The molecular weight excluding hydrogens is 228 g/mol. The lowest BCUT2D eigenvalue weighted by Gasteiger charge is -2.07. The fraction of sp³-hybridized carbons (Fsp3) is 0.444. The summed E-state index contributed by atoms with van der Waals surface area (Å²) in [5, 5.41) is 6.30. The highest BCUT2D eigenvalue weighted by Crippen LogP contribution is 2.14. The van der Waals surface area contributed by atoms with Crippen LogP contribution in [0.3, 0.4) is 0 Å². The number of esters is 1. The summed E-state index contributed by atoms with van der Waals surface area (Å²) in [6.45, 7) is -0.0195. The number of carbonyl (C=O) groups is 3. The number of hydrogen-bond acceptors (Lipinski definition) is 6. The molecule has 2 rings (SSSR count). The molecule has 17 heavy (non-hydrogen) atoms. The molecule has 2 heterocycles. The molecule has 8 nitrogen and oxygen atoms in total. The third kappa shape index (κ3) is 2.30. The van der Waals surface area contributed by atoms with E-state index in [0.29, 0.717) is 5.82 Å². The Morgan fingerprint density at radius 2 is 2.29 bits per heavy atom. The molecule has 1 aromatic heterocycles. The molecule has 1 N–H and O–H groups in total. The molecule has 0 bridgehead atoms. The zero-order chi connectivity index (χ0) is 12.4. The van der Waals surface area contributed by atoms with E-state index in [1.807, 2.05) is 0 Å². The van der Waals surface area contributed by atoms with Gasteiger partial charge in [0.2, 0.25) is 5.91 Å². The average Bonchev–Trinajstić information content (AvgIpc) is 2.85. The molecule has 0 atom stereocenters. The van der Waals surface area contributed by atoms with Crippen molar-refractivity contribution in [2.75, 3.05) is 18.6 Å². The lowest BCUT2D eigenvalue weighted by atomic mass is 10.3. The predicted octanol–water partition coefficient (Wildman–Crippen LogP) is -1.17. The maximum absolute atomic E-state index is 11.4. The van der Waals surface area contributed by atoms with E-state index in [9.17, 15) is 14.4 Å². The van der Waals surface area contributed by atoms with Crippen molar-refractivity contribution in [3.05, 3.63) is 5.82 Å². The quantitative estimate of drug-likeness (QED) is 0.525. The number of aromatic nitrogens is 3. The minimum atomic E-state index is -0.462. The van der Waals surface area contributed by atoms with Gasteiger partial charge in [-0.3, -0.25) is 24.4 Å². The number of carbonyl (C=O) groups excluding carboxylic acids is 3. The summed E-state index contributed by atoms with van der Waals surface area (Å²) in [7, 11) is 1.27. The molecule has 0 spiro atoms. The third-order valence-corrected chi connectivity index (χ3v) is 2.28. The van der Waals surface area contributed by atoms with Crippen molar-refractivity contribution in [1.29, 1.82) is 0 Å². The first-order chi connectivity index (χ1) is 8.10. The smallest absolute Gasteiger partial charge is 0.313 e. The van der Waals surface area contributed by atoms with Gasteiger partial charge in [-0.25, -0.2) is 0 Å². The molecule has 1 amide bonds. The molecule has 0 unspecified atom stereocenters. The van der Waals surface area contributed by atoms with E-state index in [4.69, 9.17) is 0 Å². The SMILES string of the molecule is COC(=O)Cc1nc(N2CC(=O)CC2=O)n[nH]1. The Labute approximate surface area is 96.0 Å². The number of anilines is 1. The topological polar surface area (TPSA) is 105 Å². The van der Waals surface area contributed by atoms with Crippen molar-refractivity contribution in [3.63, 3.8) is 0 Å². The highest BCUT2D eigenvalue weighted by Gasteiger charge is 2.31. The zero-order valence-electron chi connectivity index (χ0n) is 9.10. The molecule has 1 aromatic rings. The maximum Gasteiger partial charge on any atom is 0.313 e. The molecular formula is C9H10N4O4. The number of ketones is 1. The maximum atomic E-state index is 11.4. The van der Waals surface area contributed by atoms with Gasteiger partial charge in [0.1, 0.15) is 12.2 Å². The first kappa shape index (κ1) is 11.2. The molecule has 1 aliphatic heterocycles. The van der Waals surface area contributed by atoms with Crippen molar-refractivity contribution in [1.82, 2.24) is 15.2 Å². The number of methoxy groups -OCH3 is 1. The number of aromatic amines is 1. The summed E-state index contributed by atoms with van der Waals surface area (Å²) in [4.78, 5) is 38.6. The highest BCUT2D eigenvalue weighted by molar-refractivity contribution is 6.14. The van der Waals surface area contributed by atoms with Crippen LogP contribution in [0.5, 0.6) is 0 Å². The Hall–Kier alpha value is -2.25. The van der Waals surface area contributed by atoms with Gasteiger partial charge in [-0.2, -0.15) is 4.98 Å². The lowest BCUT2D eigenvalue weighted by Crippen LogP contribution is -2.25. The Balaban J connectivity index is 2.10. The summed E-state index contributed by atoms with van der Waals surface area (Å²) in [5.74, 6) is -0.566. The van der Waals surface area contributed by atoms with Crippen LogP contribution in [0.15, 0.2) is 0 Å². The number of amides is 1. The van der Waals surface area contributed by atoms with E-state index < -0.39 is 5.97 Å². The average molecular weight is 238 g/mol. The predicted molar refractivity (Wildman–Crippen MR) is 54.1 cm³/mol. The number of Topliss-reactive ketones (excluding diaryl/α,β-unsaturated/α-hetero) is 1. The van der Waals surface area contributed by atoms with E-state index in [2.05, 4.69) is 19.9 Å². The number of nitrogens with zero attached hydrogens (tertiary/aromatic N) is 3. The van der Waals surface area contributed by atoms with Gasteiger partial charge < -0.3 is 4.74 Å². The number of ether oxygens (including phenoxy) is 1. The molecule has 0 radical (unpaired) electrons. The normalized spacial score (nSPS) is 15.5. The number of H-pyrrole nitrogens is 1. The molecule has 0 saturated carbocycles. The molecule has 0 aromatic carbocycles. The van der Waals surface area contributed by atoms with E-state index in [1.54, 1.807) is 0 Å². The molecule has 1 aliphatic rings. The number of hydrogen-bond donors (Lipinski definition) is 1. The van der Waals surface area contributed by atoms with E-state index in [0.717, 1.165) is 0 Å². The fourth-order valence-corrected chi connectivity index (χ4v) is 1.46. The monoisotopic (exact) mass is 238 g/mol. The second kappa shape index (κ2) is 4.32. The van der Waals surface area contributed by atoms with Gasteiger partial charge in [0.05, 0.1) is 20.1 Å². The standard InChI is InChI=1S/C9H10N4O4/c1-17-8(16)3-6-10-9(12-11-6)13-4-5(14)2-7(13)15/h2-4H2,1H3,(H,10,11,12). The van der Waals surface area contributed by atoms with Gasteiger partial charge >= 0.3 is 5.97 Å². The van der Waals surface area contributed by atoms with Crippen LogP contribution in [-0.4, -0.2) is 46.5 Å². The van der Waals surface area contributed by atoms with E-state index in [-0.39, 0.29) is 37.0 Å². The second-order valence-electron chi connectivity index (χ2n) is 3.53. The van der Waals surface area contributed by atoms with Gasteiger partial charge in [-0.05, 0) is 0 Å². The Morgan fingerprint density at radius 1 is 1.53 bits per heavy atom. The van der Waals surface area contributed by atoms with Crippen molar-refractivity contribution in [2.24, 2.45) is 0 Å². The molecule has 1 fully saturated rings. The Kier molecular flexibility index (Phi) is 2.86. The molecule has 1 saturated heterocycles. The van der Waals surface area contributed by atoms with Crippen LogP contribution in [-0.2, 0) is 25.5 Å². The van der Waals surface area contributed by atoms with E-state index >= 15 is 0 Å². The summed E-state index contributed by atoms with van der Waals surface area (Å²) >= 11 is 0. The first-order valence-electron chi connectivity index (χ1n) is 4.90. The Morgan fingerprint density at radius 3 is 2.88 bits per heavy atom. The van der Waals surface area contributed by atoms with Crippen LogP contribution in [0.2, 0.25) is 0 Å². The fourth-order valence-electron chi connectivity index (χ4n) is 1.46. The van der Waals surface area contributed by atoms with Crippen LogP contribution in [0.4, 0.5) is 5.95 Å². The number of nitrogens with one attached hydrogen (secondary N) is 1. The van der Waals surface area contributed by atoms with Crippen LogP contribution in [0, 0.1) is 0 Å². The summed E-state index contributed by atoms with van der Waals surface area (Å²) in [5.41, 5.74) is 0. The number of rotatable bonds is 3. The van der Waals surface area contributed by atoms with Gasteiger partial charge in [-0.15, -0.1) is 5.10 Å². The largest absolute Gasteiger partial charge is 0.469 e. The van der Waals surface area contributed by atoms with Crippen molar-refractivity contribution in [2.45, 2.75) is 12.8 Å². The molecule has 8 heteroatoms. The minimum absolute atomic E-state index is 0.0195. The van der Waals surface area contributed by atoms with Crippen molar-refractivity contribution >= 4 is 23.6 Å². The van der Waals surface area contributed by atoms with Crippen LogP contribution >= 0.6 is 0 Å². The molecule has 90 valence electrons. The van der Waals surface area contributed by atoms with Crippen LogP contribution in [0.1, 0.15) is 12.2 Å². The van der Waals surface area contributed by atoms with Gasteiger partial charge in [0.15, 0.2) is 5.78 Å². The van der Waals surface area contributed by atoms with Gasteiger partial charge in [0, 0.05) is 0 Å². The van der Waals surface area contributed by atoms with Gasteiger partial charge in [0.25, 0.3) is 5.95 Å². The Bertz CT molecular complexity index is 481. The molecule has 0 aliphatic carbocycles. The summed E-state index contributed by atoms with van der Waals surface area (Å²) in [6, 6.07) is 0. The van der Waals surface area contributed by atoms with E-state index in [1.165, 1.54) is 12.0 Å². The van der Waals surface area contributed by atoms with Gasteiger partial charge in [-0.1, -0.05) is 0 Å². The minimum Gasteiger partial charge on any atom is -0.469 e. The first-order valence-corrected chi connectivity index (χ1v) is 4.90. The van der Waals surface area contributed by atoms with Crippen LogP contribution in [0.25, 0.3) is 0 Å².